The molecule has 2 bridgehead atoms. The molecule has 0 spiro atoms. The first-order valence-corrected chi connectivity index (χ1v) is 8.81. The van der Waals surface area contributed by atoms with E-state index in [4.69, 9.17) is 9.47 Å². The summed E-state index contributed by atoms with van der Waals surface area (Å²) in [5, 5.41) is 10.5. The van der Waals surface area contributed by atoms with Gasteiger partial charge < -0.3 is 14.6 Å². The Morgan fingerprint density at radius 3 is 2.91 bits per heavy atom. The zero-order chi connectivity index (χ0) is 16.6. The van der Waals surface area contributed by atoms with Gasteiger partial charge in [-0.1, -0.05) is 19.6 Å². The van der Waals surface area contributed by atoms with E-state index >= 15 is 0 Å². The van der Waals surface area contributed by atoms with Crippen molar-refractivity contribution in [1.82, 2.24) is 0 Å². The quantitative estimate of drug-likeness (QED) is 0.550. The Morgan fingerprint density at radius 2 is 2.13 bits per heavy atom. The van der Waals surface area contributed by atoms with E-state index in [0.29, 0.717) is 6.42 Å². The van der Waals surface area contributed by atoms with Gasteiger partial charge in [-0.2, -0.15) is 0 Å². The molecule has 4 heteroatoms. The largest absolute Gasteiger partial charge is 0.458 e. The molecule has 6 atom stereocenters. The minimum absolute atomic E-state index is 0.0233. The van der Waals surface area contributed by atoms with E-state index in [9.17, 15) is 9.90 Å². The molecule has 0 aliphatic carbocycles. The van der Waals surface area contributed by atoms with Gasteiger partial charge in [-0.25, -0.2) is 0 Å². The van der Waals surface area contributed by atoms with Gasteiger partial charge in [0.25, 0.3) is 0 Å². The molecule has 3 rings (SSSR count). The van der Waals surface area contributed by atoms with Crippen molar-refractivity contribution in [1.29, 1.82) is 0 Å². The number of hydrogen-bond acceptors (Lipinski definition) is 4. The van der Waals surface area contributed by atoms with Crippen LogP contribution in [0.1, 0.15) is 52.4 Å². The molecule has 3 heterocycles. The highest BCUT2D eigenvalue weighted by molar-refractivity contribution is 5.75. The third-order valence-corrected chi connectivity index (χ3v) is 5.89. The third-order valence-electron chi connectivity index (χ3n) is 5.89. The lowest BCUT2D eigenvalue weighted by molar-refractivity contribution is -0.142. The van der Waals surface area contributed by atoms with Crippen LogP contribution in [0.3, 0.4) is 0 Å². The predicted molar refractivity (Wildman–Crippen MR) is 87.8 cm³/mol. The monoisotopic (exact) mass is 320 g/mol. The number of carbonyl (C=O) groups is 1. The van der Waals surface area contributed by atoms with Crippen molar-refractivity contribution in [2.75, 3.05) is 0 Å². The van der Waals surface area contributed by atoms with Crippen LogP contribution >= 0.6 is 0 Å². The normalized spacial score (nSPS) is 46.3. The van der Waals surface area contributed by atoms with Gasteiger partial charge in [0, 0.05) is 5.92 Å². The Labute approximate surface area is 138 Å². The van der Waals surface area contributed by atoms with Crippen molar-refractivity contribution in [3.8, 4) is 0 Å². The average Bonchev–Trinajstić information content (AvgIpc) is 3.04. The number of fused-ring (bicyclic) bond motifs is 3. The molecular weight excluding hydrogens is 292 g/mol. The van der Waals surface area contributed by atoms with E-state index in [1.54, 1.807) is 0 Å². The minimum atomic E-state index is -0.480. The maximum absolute atomic E-state index is 11.9. The average molecular weight is 320 g/mol. The molecule has 0 aromatic rings. The molecule has 2 unspecified atom stereocenters. The molecule has 3 aliphatic rings. The van der Waals surface area contributed by atoms with Crippen LogP contribution in [0, 0.1) is 11.8 Å². The van der Waals surface area contributed by atoms with Crippen LogP contribution in [0.2, 0.25) is 0 Å². The highest BCUT2D eigenvalue weighted by Crippen LogP contribution is 2.40. The number of aliphatic hydroxyl groups is 1. The summed E-state index contributed by atoms with van der Waals surface area (Å²) in [6, 6.07) is 0. The molecule has 0 aromatic heterocycles. The number of hydrogen-bond donors (Lipinski definition) is 1. The summed E-state index contributed by atoms with van der Waals surface area (Å²) in [5.74, 6) is 0.0315. The Kier molecular flexibility index (Phi) is 4.65. The molecule has 0 amide bonds. The van der Waals surface area contributed by atoms with Gasteiger partial charge in [-0.3, -0.25) is 4.79 Å². The molecule has 3 aliphatic heterocycles. The standard InChI is InChI=1S/C19H28O4/c1-12-8-9-14-13(2)18(21)22-16(14)6-4-5-7-17(20)19(3)11-10-15(12)23-19/h4,6,13-17,20H,1,5,7-11H2,2-3H3/b6-4+/t13?,14?,15-,16-,17-,19-/m0/s1. The van der Waals surface area contributed by atoms with Crippen LogP contribution in [0.15, 0.2) is 24.3 Å². The fourth-order valence-corrected chi connectivity index (χ4v) is 4.08. The first kappa shape index (κ1) is 16.7. The van der Waals surface area contributed by atoms with E-state index in [-0.39, 0.29) is 30.0 Å². The van der Waals surface area contributed by atoms with Crippen molar-refractivity contribution in [2.45, 2.75) is 76.3 Å². The SMILES string of the molecule is C=C1CCC2C(C)C(=O)O[C@H]2/C=C/CC[C@H](O)[C@]2(C)CC[C@@H]1O2. The van der Waals surface area contributed by atoms with Crippen LogP contribution in [-0.2, 0) is 14.3 Å². The van der Waals surface area contributed by atoms with Gasteiger partial charge in [-0.05, 0) is 57.1 Å². The van der Waals surface area contributed by atoms with Gasteiger partial charge in [-0.15, -0.1) is 0 Å². The van der Waals surface area contributed by atoms with E-state index in [0.717, 1.165) is 37.7 Å². The number of rotatable bonds is 0. The van der Waals surface area contributed by atoms with Crippen molar-refractivity contribution in [3.63, 3.8) is 0 Å². The van der Waals surface area contributed by atoms with Crippen LogP contribution in [-0.4, -0.2) is 35.0 Å². The van der Waals surface area contributed by atoms with Crippen LogP contribution in [0.5, 0.6) is 0 Å². The summed E-state index contributed by atoms with van der Waals surface area (Å²) >= 11 is 0. The van der Waals surface area contributed by atoms with Crippen LogP contribution in [0.25, 0.3) is 0 Å². The molecule has 0 radical (unpaired) electrons. The molecule has 0 aromatic carbocycles. The van der Waals surface area contributed by atoms with Crippen molar-refractivity contribution >= 4 is 5.97 Å². The second kappa shape index (κ2) is 6.40. The second-order valence-corrected chi connectivity index (χ2v) is 7.53. The summed E-state index contributed by atoms with van der Waals surface area (Å²) < 4.78 is 11.7. The van der Waals surface area contributed by atoms with E-state index in [1.165, 1.54) is 0 Å². The number of allylic oxidation sites excluding steroid dienone is 1. The lowest BCUT2D eigenvalue weighted by Crippen LogP contribution is -2.39. The number of ether oxygens (including phenoxy) is 2. The fourth-order valence-electron chi connectivity index (χ4n) is 4.08. The van der Waals surface area contributed by atoms with Gasteiger partial charge >= 0.3 is 5.97 Å². The molecule has 128 valence electrons. The second-order valence-electron chi connectivity index (χ2n) is 7.53. The summed E-state index contributed by atoms with van der Waals surface area (Å²) in [6.07, 6.45) is 8.38. The minimum Gasteiger partial charge on any atom is -0.458 e. The highest BCUT2D eigenvalue weighted by Gasteiger charge is 2.44. The van der Waals surface area contributed by atoms with Crippen molar-refractivity contribution < 1.29 is 19.4 Å². The fraction of sp³-hybridized carbons (Fsp3) is 0.737. The lowest BCUT2D eigenvalue weighted by Gasteiger charge is -2.30. The van der Waals surface area contributed by atoms with Gasteiger partial charge in [0.1, 0.15) is 6.10 Å². The molecule has 0 saturated carbocycles. The maximum atomic E-state index is 11.9. The Balaban J connectivity index is 1.79. The van der Waals surface area contributed by atoms with Gasteiger partial charge in [0.2, 0.25) is 0 Å². The maximum Gasteiger partial charge on any atom is 0.309 e. The van der Waals surface area contributed by atoms with Crippen molar-refractivity contribution in [3.05, 3.63) is 24.3 Å². The molecule has 1 N–H and O–H groups in total. The van der Waals surface area contributed by atoms with Gasteiger partial charge in [0.05, 0.1) is 23.7 Å². The first-order chi connectivity index (χ1) is 10.9. The summed E-state index contributed by atoms with van der Waals surface area (Å²) in [5.41, 5.74) is 0.611. The smallest absolute Gasteiger partial charge is 0.309 e. The summed E-state index contributed by atoms with van der Waals surface area (Å²) in [4.78, 5) is 11.9. The zero-order valence-corrected chi connectivity index (χ0v) is 14.2. The zero-order valence-electron chi connectivity index (χ0n) is 14.2. The van der Waals surface area contributed by atoms with Gasteiger partial charge in [0.15, 0.2) is 0 Å². The Morgan fingerprint density at radius 1 is 1.35 bits per heavy atom. The predicted octanol–water partition coefficient (Wildman–Crippen LogP) is 3.15. The molecule has 2 saturated heterocycles. The molecule has 23 heavy (non-hydrogen) atoms. The topological polar surface area (TPSA) is 55.8 Å². The number of esters is 1. The molecule has 4 nitrogen and oxygen atoms in total. The molecular formula is C19H28O4. The van der Waals surface area contributed by atoms with E-state index in [1.807, 2.05) is 26.0 Å². The summed E-state index contributed by atoms with van der Waals surface area (Å²) in [6.45, 7) is 8.17. The van der Waals surface area contributed by atoms with Crippen molar-refractivity contribution in [2.24, 2.45) is 11.8 Å². The lowest BCUT2D eigenvalue weighted by atomic mass is 9.85. The van der Waals surface area contributed by atoms with E-state index in [2.05, 4.69) is 6.58 Å². The third kappa shape index (κ3) is 3.24. The van der Waals surface area contributed by atoms with Crippen LogP contribution < -0.4 is 0 Å². The Bertz CT molecular complexity index is 511. The first-order valence-electron chi connectivity index (χ1n) is 8.81. The Hall–Kier alpha value is -1.13. The van der Waals surface area contributed by atoms with E-state index < -0.39 is 11.7 Å². The molecule has 2 fully saturated rings. The summed E-state index contributed by atoms with van der Waals surface area (Å²) in [7, 11) is 0. The number of carbonyl (C=O) groups excluding carboxylic acids is 1. The number of aliphatic hydroxyl groups excluding tert-OH is 1. The highest BCUT2D eigenvalue weighted by atomic mass is 16.6. The van der Waals surface area contributed by atoms with Crippen LogP contribution in [0.4, 0.5) is 0 Å².